The van der Waals surface area contributed by atoms with Gasteiger partial charge < -0.3 is 5.32 Å². The molecule has 0 fully saturated rings. The minimum absolute atomic E-state index is 0.0918. The van der Waals surface area contributed by atoms with Crippen molar-refractivity contribution in [2.24, 2.45) is 0 Å². The maximum absolute atomic E-state index is 6.19. The van der Waals surface area contributed by atoms with E-state index in [0.717, 1.165) is 27.8 Å². The average molecular weight is 360 g/mol. The molecule has 3 aromatic carbocycles. The predicted molar refractivity (Wildman–Crippen MR) is 108 cm³/mol. The summed E-state index contributed by atoms with van der Waals surface area (Å²) < 4.78 is 0. The van der Waals surface area contributed by atoms with Crippen LogP contribution < -0.4 is 5.32 Å². The van der Waals surface area contributed by atoms with Crippen LogP contribution in [0, 0.1) is 0 Å². The number of nitrogens with zero attached hydrogens (tertiary/aromatic N) is 2. The largest absolute Gasteiger partial charge is 0.363 e. The Labute approximate surface area is 157 Å². The fourth-order valence-corrected chi connectivity index (χ4v) is 3.32. The van der Waals surface area contributed by atoms with E-state index in [1.165, 1.54) is 5.56 Å². The number of aromatic nitrogens is 2. The van der Waals surface area contributed by atoms with Gasteiger partial charge in [0.25, 0.3) is 0 Å². The summed E-state index contributed by atoms with van der Waals surface area (Å²) in [4.78, 5) is 8.91. The number of halogens is 1. The van der Waals surface area contributed by atoms with Gasteiger partial charge in [0, 0.05) is 6.04 Å². The standard InChI is InChI=1S/C22H18ClN3/c1-15(16-9-4-2-5-10-16)24-21-20-18(17-11-6-3-7-12-17)13-8-14-19(20)25-22(23)26-21/h2-15H,1H3,(H,24,25,26). The fraction of sp³-hybridized carbons (Fsp3) is 0.0909. The van der Waals surface area contributed by atoms with Crippen LogP contribution in [0.3, 0.4) is 0 Å². The second-order valence-corrected chi connectivity index (χ2v) is 6.52. The smallest absolute Gasteiger partial charge is 0.224 e. The third kappa shape index (κ3) is 3.26. The van der Waals surface area contributed by atoms with E-state index in [2.05, 4.69) is 52.5 Å². The van der Waals surface area contributed by atoms with E-state index in [1.807, 2.05) is 48.5 Å². The van der Waals surface area contributed by atoms with Gasteiger partial charge in [-0.1, -0.05) is 72.8 Å². The highest BCUT2D eigenvalue weighted by Gasteiger charge is 2.15. The van der Waals surface area contributed by atoms with Crippen LogP contribution in [0.4, 0.5) is 5.82 Å². The number of anilines is 1. The second kappa shape index (κ2) is 7.14. The van der Waals surface area contributed by atoms with E-state index in [0.29, 0.717) is 0 Å². The van der Waals surface area contributed by atoms with Crippen molar-refractivity contribution in [1.29, 1.82) is 0 Å². The molecule has 0 spiro atoms. The van der Waals surface area contributed by atoms with Crippen LogP contribution in [0.2, 0.25) is 5.28 Å². The van der Waals surface area contributed by atoms with Gasteiger partial charge in [-0.2, -0.15) is 0 Å². The summed E-state index contributed by atoms with van der Waals surface area (Å²) >= 11 is 6.19. The maximum Gasteiger partial charge on any atom is 0.224 e. The Hall–Kier alpha value is -2.91. The van der Waals surface area contributed by atoms with Crippen molar-refractivity contribution in [3.05, 3.63) is 89.7 Å². The lowest BCUT2D eigenvalue weighted by molar-refractivity contribution is 0.876. The van der Waals surface area contributed by atoms with Crippen molar-refractivity contribution < 1.29 is 0 Å². The molecule has 128 valence electrons. The van der Waals surface area contributed by atoms with Crippen molar-refractivity contribution in [1.82, 2.24) is 9.97 Å². The Kier molecular flexibility index (Phi) is 4.55. The van der Waals surface area contributed by atoms with E-state index < -0.39 is 0 Å². The first-order chi connectivity index (χ1) is 12.7. The zero-order valence-electron chi connectivity index (χ0n) is 14.4. The lowest BCUT2D eigenvalue weighted by atomic mass is 10.0. The molecule has 1 N–H and O–H groups in total. The lowest BCUT2D eigenvalue weighted by Crippen LogP contribution is -2.09. The highest BCUT2D eigenvalue weighted by Crippen LogP contribution is 2.34. The van der Waals surface area contributed by atoms with Crippen molar-refractivity contribution in [3.8, 4) is 11.1 Å². The van der Waals surface area contributed by atoms with Gasteiger partial charge in [-0.25, -0.2) is 9.97 Å². The van der Waals surface area contributed by atoms with Crippen LogP contribution in [0.5, 0.6) is 0 Å². The van der Waals surface area contributed by atoms with Crippen molar-refractivity contribution in [2.45, 2.75) is 13.0 Å². The molecular weight excluding hydrogens is 342 g/mol. The van der Waals surface area contributed by atoms with Crippen LogP contribution in [0.1, 0.15) is 18.5 Å². The van der Waals surface area contributed by atoms with E-state index in [9.17, 15) is 0 Å². The van der Waals surface area contributed by atoms with Gasteiger partial charge in [-0.05, 0) is 41.3 Å². The van der Waals surface area contributed by atoms with Gasteiger partial charge in [0.1, 0.15) is 5.82 Å². The molecule has 1 heterocycles. The molecule has 0 radical (unpaired) electrons. The molecule has 1 atom stereocenters. The molecule has 4 heteroatoms. The third-order valence-corrected chi connectivity index (χ3v) is 4.60. The molecule has 4 aromatic rings. The number of hydrogen-bond donors (Lipinski definition) is 1. The van der Waals surface area contributed by atoms with Crippen LogP contribution >= 0.6 is 11.6 Å². The second-order valence-electron chi connectivity index (χ2n) is 6.18. The summed E-state index contributed by atoms with van der Waals surface area (Å²) in [5.74, 6) is 0.746. The zero-order valence-corrected chi connectivity index (χ0v) is 15.1. The minimum Gasteiger partial charge on any atom is -0.363 e. The first-order valence-corrected chi connectivity index (χ1v) is 8.93. The summed E-state index contributed by atoms with van der Waals surface area (Å²) in [7, 11) is 0. The number of fused-ring (bicyclic) bond motifs is 1. The van der Waals surface area contributed by atoms with Crippen molar-refractivity contribution in [2.75, 3.05) is 5.32 Å². The maximum atomic E-state index is 6.19. The Morgan fingerprint density at radius 1 is 0.808 bits per heavy atom. The summed E-state index contributed by atoms with van der Waals surface area (Å²) in [6.45, 7) is 2.11. The minimum atomic E-state index is 0.0918. The molecule has 0 saturated carbocycles. The van der Waals surface area contributed by atoms with E-state index in [4.69, 9.17) is 11.6 Å². The topological polar surface area (TPSA) is 37.8 Å². The van der Waals surface area contributed by atoms with E-state index >= 15 is 0 Å². The number of nitrogens with one attached hydrogen (secondary N) is 1. The Bertz CT molecular complexity index is 1030. The van der Waals surface area contributed by atoms with Crippen LogP contribution in [0.15, 0.2) is 78.9 Å². The Morgan fingerprint density at radius 3 is 2.23 bits per heavy atom. The quantitative estimate of drug-likeness (QED) is 0.446. The Balaban J connectivity index is 1.86. The van der Waals surface area contributed by atoms with Crippen LogP contribution in [-0.4, -0.2) is 9.97 Å². The molecule has 0 saturated heterocycles. The monoisotopic (exact) mass is 359 g/mol. The van der Waals surface area contributed by atoms with Crippen molar-refractivity contribution in [3.63, 3.8) is 0 Å². The van der Waals surface area contributed by atoms with Crippen molar-refractivity contribution >= 4 is 28.3 Å². The van der Waals surface area contributed by atoms with E-state index in [1.54, 1.807) is 0 Å². The first kappa shape index (κ1) is 16.6. The van der Waals surface area contributed by atoms with Gasteiger partial charge in [0.15, 0.2) is 0 Å². The van der Waals surface area contributed by atoms with Crippen LogP contribution in [-0.2, 0) is 0 Å². The summed E-state index contributed by atoms with van der Waals surface area (Å²) in [6.07, 6.45) is 0. The molecule has 1 unspecified atom stereocenters. The lowest BCUT2D eigenvalue weighted by Gasteiger charge is -2.18. The fourth-order valence-electron chi connectivity index (χ4n) is 3.15. The predicted octanol–water partition coefficient (Wildman–Crippen LogP) is 6.12. The first-order valence-electron chi connectivity index (χ1n) is 8.55. The SMILES string of the molecule is CC(Nc1nc(Cl)nc2cccc(-c3ccccc3)c12)c1ccccc1. The molecule has 0 bridgehead atoms. The molecule has 1 aromatic heterocycles. The molecule has 0 aliphatic rings. The molecular formula is C22H18ClN3. The van der Waals surface area contributed by atoms with Crippen LogP contribution in [0.25, 0.3) is 22.0 Å². The van der Waals surface area contributed by atoms with Gasteiger partial charge in [0.05, 0.1) is 10.9 Å². The summed E-state index contributed by atoms with van der Waals surface area (Å²) in [6, 6.07) is 26.7. The highest BCUT2D eigenvalue weighted by molar-refractivity contribution is 6.29. The molecule has 4 rings (SSSR count). The average Bonchev–Trinajstić information content (AvgIpc) is 2.68. The highest BCUT2D eigenvalue weighted by atomic mass is 35.5. The van der Waals surface area contributed by atoms with Gasteiger partial charge in [0.2, 0.25) is 5.28 Å². The normalized spacial score (nSPS) is 12.1. The van der Waals surface area contributed by atoms with Gasteiger partial charge in [-0.15, -0.1) is 0 Å². The molecule has 0 aliphatic carbocycles. The molecule has 0 aliphatic heterocycles. The number of rotatable bonds is 4. The van der Waals surface area contributed by atoms with Gasteiger partial charge in [-0.3, -0.25) is 0 Å². The Morgan fingerprint density at radius 2 is 1.50 bits per heavy atom. The zero-order chi connectivity index (χ0) is 17.9. The third-order valence-electron chi connectivity index (χ3n) is 4.43. The molecule has 26 heavy (non-hydrogen) atoms. The molecule has 3 nitrogen and oxygen atoms in total. The van der Waals surface area contributed by atoms with E-state index in [-0.39, 0.29) is 11.3 Å². The van der Waals surface area contributed by atoms with Gasteiger partial charge >= 0.3 is 0 Å². The number of benzene rings is 3. The number of hydrogen-bond acceptors (Lipinski definition) is 3. The summed E-state index contributed by atoms with van der Waals surface area (Å²) in [5.41, 5.74) is 4.23. The summed E-state index contributed by atoms with van der Waals surface area (Å²) in [5, 5.41) is 4.74. The molecule has 0 amide bonds.